The van der Waals surface area contributed by atoms with Gasteiger partial charge in [-0.25, -0.2) is 4.99 Å². The molecule has 2 aromatic rings. The molecule has 1 aromatic heterocycles. The second kappa shape index (κ2) is 10.7. The predicted molar refractivity (Wildman–Crippen MR) is 105 cm³/mol. The number of nitrogens with zero attached hydrogens (tertiary/aromatic N) is 4. The van der Waals surface area contributed by atoms with Crippen molar-refractivity contribution in [3.63, 3.8) is 0 Å². The van der Waals surface area contributed by atoms with Crippen molar-refractivity contribution in [3.05, 3.63) is 41.5 Å². The molecule has 0 saturated carbocycles. The summed E-state index contributed by atoms with van der Waals surface area (Å²) in [5.41, 5.74) is 0.857. The fraction of sp³-hybridized carbons (Fsp3) is 0.526. The number of aryl methyl sites for hydroxylation is 1. The Kier molecular flexibility index (Phi) is 8.29. The highest BCUT2D eigenvalue weighted by atomic mass is 19.4. The van der Waals surface area contributed by atoms with Gasteiger partial charge >= 0.3 is 6.18 Å². The van der Waals surface area contributed by atoms with Gasteiger partial charge in [0.25, 0.3) is 0 Å². The van der Waals surface area contributed by atoms with E-state index in [1.165, 1.54) is 12.1 Å². The van der Waals surface area contributed by atoms with Crippen molar-refractivity contribution in [2.45, 2.75) is 46.0 Å². The summed E-state index contributed by atoms with van der Waals surface area (Å²) in [4.78, 5) is 4.55. The number of hydrogen-bond donors (Lipinski definition) is 2. The van der Waals surface area contributed by atoms with Crippen LogP contribution in [0.1, 0.15) is 37.0 Å². The number of benzene rings is 1. The van der Waals surface area contributed by atoms with Crippen LogP contribution in [-0.4, -0.2) is 40.1 Å². The highest BCUT2D eigenvalue weighted by Gasteiger charge is 2.28. The van der Waals surface area contributed by atoms with Crippen molar-refractivity contribution in [1.29, 1.82) is 0 Å². The molecule has 0 bridgehead atoms. The molecule has 0 radical (unpaired) electrons. The van der Waals surface area contributed by atoms with Crippen LogP contribution < -0.4 is 15.4 Å². The highest BCUT2D eigenvalue weighted by Crippen LogP contribution is 2.19. The highest BCUT2D eigenvalue weighted by molar-refractivity contribution is 5.79. The van der Waals surface area contributed by atoms with Crippen molar-refractivity contribution in [2.75, 3.05) is 13.2 Å². The lowest BCUT2D eigenvalue weighted by Gasteiger charge is -2.12. The van der Waals surface area contributed by atoms with Crippen molar-refractivity contribution >= 4 is 5.96 Å². The molecule has 0 spiro atoms. The molecule has 0 saturated heterocycles. The molecular formula is C19H27F3N6O. The molecule has 7 nitrogen and oxygen atoms in total. The van der Waals surface area contributed by atoms with Crippen molar-refractivity contribution in [3.8, 4) is 5.75 Å². The third kappa shape index (κ3) is 8.00. The minimum absolute atomic E-state index is 0.173. The summed E-state index contributed by atoms with van der Waals surface area (Å²) in [6.45, 7) is 4.31. The number of nitrogens with one attached hydrogen (secondary N) is 2. The van der Waals surface area contributed by atoms with E-state index in [9.17, 15) is 13.2 Å². The zero-order valence-corrected chi connectivity index (χ0v) is 16.9. The van der Waals surface area contributed by atoms with E-state index in [0.717, 1.165) is 36.6 Å². The molecule has 29 heavy (non-hydrogen) atoms. The second-order valence-corrected chi connectivity index (χ2v) is 6.57. The molecule has 1 aromatic carbocycles. The second-order valence-electron chi connectivity index (χ2n) is 6.57. The fourth-order valence-electron chi connectivity index (χ4n) is 2.35. The number of unbranched alkanes of at least 4 members (excludes halogenated alkanes) is 1. The predicted octanol–water partition coefficient (Wildman–Crippen LogP) is 3.10. The van der Waals surface area contributed by atoms with E-state index in [2.05, 4.69) is 32.7 Å². The molecule has 0 atom stereocenters. The van der Waals surface area contributed by atoms with Gasteiger partial charge in [-0.3, -0.25) is 0 Å². The van der Waals surface area contributed by atoms with E-state index in [4.69, 9.17) is 4.74 Å². The maximum atomic E-state index is 12.2. The lowest BCUT2D eigenvalue weighted by Crippen LogP contribution is -2.38. The van der Waals surface area contributed by atoms with Gasteiger partial charge in [0.15, 0.2) is 18.4 Å². The molecule has 160 valence electrons. The van der Waals surface area contributed by atoms with Crippen molar-refractivity contribution < 1.29 is 17.9 Å². The molecule has 0 aliphatic carbocycles. The van der Waals surface area contributed by atoms with Gasteiger partial charge in [0.05, 0.1) is 13.1 Å². The maximum Gasteiger partial charge on any atom is 0.422 e. The summed E-state index contributed by atoms with van der Waals surface area (Å²) in [5, 5.41) is 14.7. The van der Waals surface area contributed by atoms with Crippen LogP contribution in [-0.2, 0) is 20.1 Å². The quantitative estimate of drug-likeness (QED) is 0.376. The van der Waals surface area contributed by atoms with Crippen LogP contribution in [0.2, 0.25) is 0 Å². The minimum atomic E-state index is -4.35. The van der Waals surface area contributed by atoms with Gasteiger partial charge in [0, 0.05) is 13.6 Å². The average Bonchev–Trinajstić information content (AvgIpc) is 3.00. The van der Waals surface area contributed by atoms with Crippen LogP contribution >= 0.6 is 0 Å². The number of rotatable bonds is 9. The SMILES string of the molecule is CCCCNC(=NCc1ccc(OCC(F)(F)F)cc1)NCc1nnc(C)n1C. The van der Waals surface area contributed by atoms with E-state index in [0.29, 0.717) is 19.0 Å². The summed E-state index contributed by atoms with van der Waals surface area (Å²) in [5.74, 6) is 2.43. The Morgan fingerprint density at radius 2 is 1.90 bits per heavy atom. The summed E-state index contributed by atoms with van der Waals surface area (Å²) >= 11 is 0. The first-order valence-corrected chi connectivity index (χ1v) is 9.44. The van der Waals surface area contributed by atoms with E-state index >= 15 is 0 Å². The van der Waals surface area contributed by atoms with E-state index in [1.54, 1.807) is 12.1 Å². The molecule has 0 aliphatic rings. The van der Waals surface area contributed by atoms with Crippen molar-refractivity contribution in [1.82, 2.24) is 25.4 Å². The first-order chi connectivity index (χ1) is 13.8. The number of aromatic nitrogens is 3. The minimum Gasteiger partial charge on any atom is -0.484 e. The van der Waals surface area contributed by atoms with E-state index < -0.39 is 12.8 Å². The summed E-state index contributed by atoms with van der Waals surface area (Å²) in [6, 6.07) is 6.42. The smallest absolute Gasteiger partial charge is 0.422 e. The number of hydrogen-bond acceptors (Lipinski definition) is 4. The third-order valence-electron chi connectivity index (χ3n) is 4.17. The standard InChI is InChI=1S/C19H27F3N6O/c1-4-5-10-23-18(25-12-17-27-26-14(2)28(17)3)24-11-15-6-8-16(9-7-15)29-13-19(20,21)22/h6-9H,4-5,10-13H2,1-3H3,(H2,23,24,25). The monoisotopic (exact) mass is 412 g/mol. The zero-order valence-electron chi connectivity index (χ0n) is 16.9. The Balaban J connectivity index is 1.95. The first kappa shape index (κ1) is 22.5. The molecule has 1 heterocycles. The molecule has 0 aliphatic heterocycles. The van der Waals surface area contributed by atoms with Crippen LogP contribution in [0.5, 0.6) is 5.75 Å². The molecule has 0 fully saturated rings. The Labute approximate surface area is 168 Å². The van der Waals surface area contributed by atoms with Gasteiger partial charge in [-0.2, -0.15) is 13.2 Å². The Hall–Kier alpha value is -2.78. The topological polar surface area (TPSA) is 76.4 Å². The lowest BCUT2D eigenvalue weighted by molar-refractivity contribution is -0.153. The number of alkyl halides is 3. The van der Waals surface area contributed by atoms with Crippen LogP contribution in [0.4, 0.5) is 13.2 Å². The first-order valence-electron chi connectivity index (χ1n) is 9.44. The van der Waals surface area contributed by atoms with Crippen LogP contribution in [0.25, 0.3) is 0 Å². The van der Waals surface area contributed by atoms with Crippen LogP contribution in [0.15, 0.2) is 29.3 Å². The zero-order chi connectivity index (χ0) is 21.3. The fourth-order valence-corrected chi connectivity index (χ4v) is 2.35. The number of guanidine groups is 1. The number of aliphatic imine (C=N–C) groups is 1. The van der Waals surface area contributed by atoms with Gasteiger partial charge in [0.1, 0.15) is 11.6 Å². The van der Waals surface area contributed by atoms with E-state index in [1.807, 2.05) is 18.5 Å². The lowest BCUT2D eigenvalue weighted by atomic mass is 10.2. The number of ether oxygens (including phenoxy) is 1. The van der Waals surface area contributed by atoms with Gasteiger partial charge in [-0.1, -0.05) is 25.5 Å². The van der Waals surface area contributed by atoms with Gasteiger partial charge < -0.3 is 19.9 Å². The molecule has 0 unspecified atom stereocenters. The largest absolute Gasteiger partial charge is 0.484 e. The van der Waals surface area contributed by atoms with Crippen LogP contribution in [0, 0.1) is 6.92 Å². The summed E-state index contributed by atoms with van der Waals surface area (Å²) in [7, 11) is 1.90. The summed E-state index contributed by atoms with van der Waals surface area (Å²) in [6.07, 6.45) is -2.29. The Bertz CT molecular complexity index is 786. The summed E-state index contributed by atoms with van der Waals surface area (Å²) < 4.78 is 43.3. The van der Waals surface area contributed by atoms with Gasteiger partial charge in [0.2, 0.25) is 0 Å². The van der Waals surface area contributed by atoms with E-state index in [-0.39, 0.29) is 5.75 Å². The molecular weight excluding hydrogens is 385 g/mol. The van der Waals surface area contributed by atoms with Gasteiger partial charge in [-0.15, -0.1) is 10.2 Å². The molecule has 10 heteroatoms. The molecule has 2 rings (SSSR count). The number of halogens is 3. The maximum absolute atomic E-state index is 12.2. The Morgan fingerprint density at radius 1 is 1.17 bits per heavy atom. The van der Waals surface area contributed by atoms with Crippen molar-refractivity contribution in [2.24, 2.45) is 12.0 Å². The van der Waals surface area contributed by atoms with Crippen LogP contribution in [0.3, 0.4) is 0 Å². The molecule has 0 amide bonds. The third-order valence-corrected chi connectivity index (χ3v) is 4.17. The average molecular weight is 412 g/mol. The Morgan fingerprint density at radius 3 is 2.48 bits per heavy atom. The molecule has 2 N–H and O–H groups in total. The normalized spacial score (nSPS) is 12.1. The van der Waals surface area contributed by atoms with Gasteiger partial charge in [-0.05, 0) is 31.0 Å².